The van der Waals surface area contributed by atoms with E-state index in [4.69, 9.17) is 4.74 Å². The number of para-hydroxylation sites is 1. The first-order valence-electron chi connectivity index (χ1n) is 8.79. The van der Waals surface area contributed by atoms with E-state index in [9.17, 15) is 9.59 Å². The van der Waals surface area contributed by atoms with Gasteiger partial charge in [-0.15, -0.1) is 0 Å². The molecule has 27 heavy (non-hydrogen) atoms. The molecular weight excluding hydrogens is 342 g/mol. The number of aryl methyl sites for hydroxylation is 1. The number of carbonyl (C=O) groups excluding carboxylic acids is 2. The second-order valence-electron chi connectivity index (χ2n) is 6.47. The van der Waals surface area contributed by atoms with Gasteiger partial charge in [0.2, 0.25) is 0 Å². The third-order valence-corrected chi connectivity index (χ3v) is 4.27. The third kappa shape index (κ3) is 4.88. The highest BCUT2D eigenvalue weighted by atomic mass is 16.5. The van der Waals surface area contributed by atoms with E-state index < -0.39 is 5.97 Å². The topological polar surface area (TPSA) is 63.6 Å². The lowest BCUT2D eigenvalue weighted by atomic mass is 10.2. The zero-order chi connectivity index (χ0) is 19.2. The number of aromatic nitrogens is 1. The van der Waals surface area contributed by atoms with Crippen LogP contribution < -0.4 is 10.2 Å². The number of fused-ring (bicyclic) bond motifs is 1. The minimum Gasteiger partial charge on any atom is -0.456 e. The molecule has 2 aromatic carbocycles. The number of carbonyl (C=O) groups is 2. The van der Waals surface area contributed by atoms with Gasteiger partial charge < -0.3 is 19.5 Å². The Morgan fingerprint density at radius 2 is 1.78 bits per heavy atom. The molecule has 0 fully saturated rings. The molecule has 0 saturated heterocycles. The Balaban J connectivity index is 1.44. The Labute approximate surface area is 158 Å². The highest BCUT2D eigenvalue weighted by molar-refractivity contribution is 5.93. The molecule has 0 saturated carbocycles. The number of nitrogens with one attached hydrogen (secondary N) is 1. The normalized spacial score (nSPS) is 10.6. The van der Waals surface area contributed by atoms with Crippen molar-refractivity contribution in [1.82, 2.24) is 4.57 Å². The van der Waals surface area contributed by atoms with E-state index in [1.165, 1.54) is 0 Å². The molecule has 0 spiro atoms. The number of benzene rings is 2. The summed E-state index contributed by atoms with van der Waals surface area (Å²) in [6, 6.07) is 17.4. The second kappa shape index (κ2) is 8.40. The Hall–Kier alpha value is -3.28. The minimum absolute atomic E-state index is 0.212. The second-order valence-corrected chi connectivity index (χ2v) is 6.47. The Bertz CT molecular complexity index is 929. The summed E-state index contributed by atoms with van der Waals surface area (Å²) in [6.45, 7) is 0.223. The molecule has 140 valence electrons. The Kier molecular flexibility index (Phi) is 5.76. The van der Waals surface area contributed by atoms with Gasteiger partial charge in [-0.1, -0.05) is 18.2 Å². The SMILES string of the molecule is CN(C)c1ccc(NC(=O)COC(=O)CCn2ccc3ccccc32)cc1. The van der Waals surface area contributed by atoms with E-state index in [1.807, 2.05) is 84.4 Å². The highest BCUT2D eigenvalue weighted by Gasteiger charge is 2.09. The maximum atomic E-state index is 11.9. The van der Waals surface area contributed by atoms with Crippen molar-refractivity contribution < 1.29 is 14.3 Å². The molecule has 1 aromatic heterocycles. The fourth-order valence-electron chi connectivity index (χ4n) is 2.81. The number of rotatable bonds is 7. The van der Waals surface area contributed by atoms with Crippen molar-refractivity contribution in [2.75, 3.05) is 30.9 Å². The molecule has 0 aliphatic rings. The van der Waals surface area contributed by atoms with Gasteiger partial charge in [0.05, 0.1) is 6.42 Å². The van der Waals surface area contributed by atoms with Crippen LogP contribution in [0.15, 0.2) is 60.8 Å². The first kappa shape index (κ1) is 18.5. The van der Waals surface area contributed by atoms with Gasteiger partial charge in [-0.05, 0) is 41.8 Å². The predicted molar refractivity (Wildman–Crippen MR) is 107 cm³/mol. The van der Waals surface area contributed by atoms with Crippen LogP contribution in [0.25, 0.3) is 10.9 Å². The molecule has 6 heteroatoms. The van der Waals surface area contributed by atoms with E-state index in [0.29, 0.717) is 12.2 Å². The van der Waals surface area contributed by atoms with Gasteiger partial charge in [0, 0.05) is 43.7 Å². The summed E-state index contributed by atoms with van der Waals surface area (Å²) in [4.78, 5) is 25.8. The van der Waals surface area contributed by atoms with Gasteiger partial charge in [0.25, 0.3) is 5.91 Å². The van der Waals surface area contributed by atoms with Crippen molar-refractivity contribution >= 4 is 34.2 Å². The molecule has 0 radical (unpaired) electrons. The quantitative estimate of drug-likeness (QED) is 0.653. The first-order valence-corrected chi connectivity index (χ1v) is 8.79. The fraction of sp³-hybridized carbons (Fsp3) is 0.238. The van der Waals surface area contributed by atoms with Crippen molar-refractivity contribution in [3.05, 3.63) is 60.8 Å². The number of hydrogen-bond donors (Lipinski definition) is 1. The van der Waals surface area contributed by atoms with Crippen molar-refractivity contribution in [3.63, 3.8) is 0 Å². The van der Waals surface area contributed by atoms with Gasteiger partial charge in [0.15, 0.2) is 6.61 Å². The number of nitrogens with zero attached hydrogens (tertiary/aromatic N) is 2. The summed E-state index contributed by atoms with van der Waals surface area (Å²) < 4.78 is 7.08. The van der Waals surface area contributed by atoms with Crippen LogP contribution in [-0.2, 0) is 20.9 Å². The molecule has 1 N–H and O–H groups in total. The van der Waals surface area contributed by atoms with E-state index in [-0.39, 0.29) is 18.9 Å². The van der Waals surface area contributed by atoms with Crippen LogP contribution in [0.5, 0.6) is 0 Å². The largest absolute Gasteiger partial charge is 0.456 e. The molecule has 3 rings (SSSR count). The summed E-state index contributed by atoms with van der Waals surface area (Å²) in [5.74, 6) is -0.752. The molecule has 1 heterocycles. The summed E-state index contributed by atoms with van der Waals surface area (Å²) in [5.41, 5.74) is 2.78. The molecule has 0 atom stereocenters. The average molecular weight is 365 g/mol. The Morgan fingerprint density at radius 1 is 1.04 bits per heavy atom. The lowest BCUT2D eigenvalue weighted by Gasteiger charge is -2.13. The van der Waals surface area contributed by atoms with Gasteiger partial charge in [-0.3, -0.25) is 9.59 Å². The van der Waals surface area contributed by atoms with Gasteiger partial charge in [-0.25, -0.2) is 0 Å². The van der Waals surface area contributed by atoms with E-state index >= 15 is 0 Å². The van der Waals surface area contributed by atoms with Crippen LogP contribution in [0.2, 0.25) is 0 Å². The number of ether oxygens (including phenoxy) is 1. The monoisotopic (exact) mass is 365 g/mol. The molecule has 0 aliphatic carbocycles. The van der Waals surface area contributed by atoms with Crippen molar-refractivity contribution in [2.45, 2.75) is 13.0 Å². The molecular formula is C21H23N3O3. The maximum Gasteiger partial charge on any atom is 0.308 e. The predicted octanol–water partition coefficient (Wildman–Crippen LogP) is 3.28. The molecule has 3 aromatic rings. The summed E-state index contributed by atoms with van der Waals surface area (Å²) in [7, 11) is 3.90. The van der Waals surface area contributed by atoms with Crippen LogP contribution in [0, 0.1) is 0 Å². The summed E-state index contributed by atoms with van der Waals surface area (Å²) in [5, 5.41) is 3.85. The van der Waals surface area contributed by atoms with Crippen LogP contribution in [0.3, 0.4) is 0 Å². The van der Waals surface area contributed by atoms with Crippen molar-refractivity contribution in [3.8, 4) is 0 Å². The third-order valence-electron chi connectivity index (χ3n) is 4.27. The molecule has 0 unspecified atom stereocenters. The van der Waals surface area contributed by atoms with Crippen LogP contribution >= 0.6 is 0 Å². The van der Waals surface area contributed by atoms with Crippen molar-refractivity contribution in [2.24, 2.45) is 0 Å². The molecule has 1 amide bonds. The maximum absolute atomic E-state index is 11.9. The van der Waals surface area contributed by atoms with E-state index in [1.54, 1.807) is 0 Å². The molecule has 6 nitrogen and oxygen atoms in total. The lowest BCUT2D eigenvalue weighted by molar-refractivity contribution is -0.147. The number of hydrogen-bond acceptors (Lipinski definition) is 4. The van der Waals surface area contributed by atoms with E-state index in [0.717, 1.165) is 16.6 Å². The zero-order valence-corrected chi connectivity index (χ0v) is 15.5. The molecule has 0 aliphatic heterocycles. The molecule has 0 bridgehead atoms. The van der Waals surface area contributed by atoms with Crippen LogP contribution in [0.1, 0.15) is 6.42 Å². The minimum atomic E-state index is -0.397. The van der Waals surface area contributed by atoms with Gasteiger partial charge in [-0.2, -0.15) is 0 Å². The van der Waals surface area contributed by atoms with Crippen molar-refractivity contribution in [1.29, 1.82) is 0 Å². The van der Waals surface area contributed by atoms with Gasteiger partial charge in [0.1, 0.15) is 0 Å². The summed E-state index contributed by atoms with van der Waals surface area (Å²) in [6.07, 6.45) is 2.16. The number of amides is 1. The average Bonchev–Trinajstić information content (AvgIpc) is 3.08. The first-order chi connectivity index (χ1) is 13.0. The smallest absolute Gasteiger partial charge is 0.308 e. The highest BCUT2D eigenvalue weighted by Crippen LogP contribution is 2.16. The Morgan fingerprint density at radius 3 is 2.52 bits per heavy atom. The standard InChI is InChI=1S/C21H23N3O3/c1-23(2)18-9-7-17(8-10-18)22-20(25)15-27-21(26)12-14-24-13-11-16-5-3-4-6-19(16)24/h3-11,13H,12,14-15H2,1-2H3,(H,22,25). The number of anilines is 2. The van der Waals surface area contributed by atoms with Crippen LogP contribution in [-0.4, -0.2) is 37.1 Å². The van der Waals surface area contributed by atoms with E-state index in [2.05, 4.69) is 5.32 Å². The summed E-state index contributed by atoms with van der Waals surface area (Å²) >= 11 is 0. The lowest BCUT2D eigenvalue weighted by Crippen LogP contribution is -2.21. The fourth-order valence-corrected chi connectivity index (χ4v) is 2.81. The zero-order valence-electron chi connectivity index (χ0n) is 15.5. The number of esters is 1. The van der Waals surface area contributed by atoms with Crippen LogP contribution in [0.4, 0.5) is 11.4 Å². The van der Waals surface area contributed by atoms with Gasteiger partial charge >= 0.3 is 5.97 Å².